The minimum Gasteiger partial charge on any atom is -0.340 e. The Morgan fingerprint density at radius 1 is 1.24 bits per heavy atom. The lowest BCUT2D eigenvalue weighted by Gasteiger charge is -2.23. The van der Waals surface area contributed by atoms with Crippen LogP contribution in [0.15, 0.2) is 36.4 Å². The van der Waals surface area contributed by atoms with Crippen LogP contribution in [0, 0.1) is 24.2 Å². The Morgan fingerprint density at radius 2 is 1.90 bits per heavy atom. The number of nitrogens with one attached hydrogen (secondary N) is 1. The molecule has 0 amide bonds. The largest absolute Gasteiger partial charge is 0.340 e. The number of nitrogens with zero attached hydrogens (tertiary/aromatic N) is 2. The van der Waals surface area contributed by atoms with E-state index in [4.69, 9.17) is 5.26 Å². The summed E-state index contributed by atoms with van der Waals surface area (Å²) in [7, 11) is 1.94. The molecule has 0 spiro atoms. The quantitative estimate of drug-likeness (QED) is 0.908. The molecule has 0 fully saturated rings. The van der Waals surface area contributed by atoms with Gasteiger partial charge >= 0.3 is 0 Å². The van der Waals surface area contributed by atoms with E-state index in [-0.39, 0.29) is 0 Å². The Morgan fingerprint density at radius 3 is 2.43 bits per heavy atom. The first kappa shape index (κ1) is 15.3. The highest BCUT2D eigenvalue weighted by Gasteiger charge is 2.16. The van der Waals surface area contributed by atoms with Gasteiger partial charge in [0.1, 0.15) is 11.8 Å². The lowest BCUT2D eigenvalue weighted by atomic mass is 9.96. The monoisotopic (exact) mass is 281 g/mol. The third-order valence-corrected chi connectivity index (χ3v) is 4.09. The normalized spacial score (nSPS) is 12.4. The van der Waals surface area contributed by atoms with Crippen LogP contribution in [0.1, 0.15) is 42.4 Å². The fraction of sp³-hybridized carbons (Fsp3) is 0.389. The molecule has 1 atom stereocenters. The minimum absolute atomic E-state index is 0.316. The van der Waals surface area contributed by atoms with Crippen LogP contribution in [-0.2, 0) is 13.6 Å². The first-order valence-electron chi connectivity index (χ1n) is 7.38. The molecule has 0 bridgehead atoms. The van der Waals surface area contributed by atoms with Crippen LogP contribution >= 0.6 is 0 Å². The molecular weight excluding hydrogens is 258 g/mol. The third kappa shape index (κ3) is 3.34. The number of nitriles is 1. The van der Waals surface area contributed by atoms with Crippen molar-refractivity contribution in [3.05, 3.63) is 58.9 Å². The zero-order chi connectivity index (χ0) is 15.4. The standard InChI is InChI=1S/C18H23N3/c1-13(2)18(15-8-6-5-7-9-15)20-12-16-10-17(11-19)21(4)14(16)3/h5-10,13,18,20H,12H2,1-4H3. The van der Waals surface area contributed by atoms with Crippen molar-refractivity contribution in [2.75, 3.05) is 0 Å². The van der Waals surface area contributed by atoms with E-state index in [0.29, 0.717) is 17.7 Å². The second kappa shape index (κ2) is 6.60. The van der Waals surface area contributed by atoms with Crippen molar-refractivity contribution >= 4 is 0 Å². The van der Waals surface area contributed by atoms with Gasteiger partial charge in [-0.15, -0.1) is 0 Å². The van der Waals surface area contributed by atoms with Crippen molar-refractivity contribution in [2.24, 2.45) is 13.0 Å². The highest BCUT2D eigenvalue weighted by Crippen LogP contribution is 2.23. The number of rotatable bonds is 5. The summed E-state index contributed by atoms with van der Waals surface area (Å²) in [6, 6.07) is 15.1. The number of hydrogen-bond acceptors (Lipinski definition) is 2. The van der Waals surface area contributed by atoms with Gasteiger partial charge in [0.05, 0.1) is 0 Å². The van der Waals surface area contributed by atoms with Crippen molar-refractivity contribution in [3.8, 4) is 6.07 Å². The molecule has 2 aromatic rings. The maximum absolute atomic E-state index is 9.11. The highest BCUT2D eigenvalue weighted by molar-refractivity contribution is 5.34. The summed E-state index contributed by atoms with van der Waals surface area (Å²) in [4.78, 5) is 0. The van der Waals surface area contributed by atoms with Crippen LogP contribution in [0.3, 0.4) is 0 Å². The zero-order valence-corrected chi connectivity index (χ0v) is 13.2. The molecule has 1 unspecified atom stereocenters. The molecule has 0 saturated carbocycles. The highest BCUT2D eigenvalue weighted by atomic mass is 15.0. The van der Waals surface area contributed by atoms with E-state index in [1.165, 1.54) is 11.1 Å². The van der Waals surface area contributed by atoms with Crippen LogP contribution in [0.2, 0.25) is 0 Å². The average Bonchev–Trinajstić information content (AvgIpc) is 2.76. The van der Waals surface area contributed by atoms with Gasteiger partial charge in [-0.2, -0.15) is 5.26 Å². The molecule has 1 N–H and O–H groups in total. The van der Waals surface area contributed by atoms with Gasteiger partial charge in [-0.25, -0.2) is 0 Å². The lowest BCUT2D eigenvalue weighted by molar-refractivity contribution is 0.410. The van der Waals surface area contributed by atoms with E-state index >= 15 is 0 Å². The molecule has 0 aliphatic heterocycles. The van der Waals surface area contributed by atoms with Gasteiger partial charge in [0.2, 0.25) is 0 Å². The van der Waals surface area contributed by atoms with Crippen molar-refractivity contribution in [1.29, 1.82) is 5.26 Å². The Labute approximate surface area is 127 Å². The van der Waals surface area contributed by atoms with Crippen molar-refractivity contribution < 1.29 is 0 Å². The smallest absolute Gasteiger partial charge is 0.120 e. The molecule has 0 aliphatic rings. The summed E-state index contributed by atoms with van der Waals surface area (Å²) in [5, 5.41) is 12.7. The maximum atomic E-state index is 9.11. The molecule has 3 heteroatoms. The van der Waals surface area contributed by atoms with Gasteiger partial charge in [-0.05, 0) is 30.0 Å². The van der Waals surface area contributed by atoms with Crippen molar-refractivity contribution in [1.82, 2.24) is 9.88 Å². The molecular formula is C18H23N3. The molecule has 1 heterocycles. The average molecular weight is 281 g/mol. The fourth-order valence-electron chi connectivity index (χ4n) is 2.67. The summed E-state index contributed by atoms with van der Waals surface area (Å²) < 4.78 is 1.95. The third-order valence-electron chi connectivity index (χ3n) is 4.09. The Balaban J connectivity index is 2.15. The van der Waals surface area contributed by atoms with Gasteiger partial charge in [0, 0.05) is 25.3 Å². The number of hydrogen-bond donors (Lipinski definition) is 1. The molecule has 2 rings (SSSR count). The van der Waals surface area contributed by atoms with Crippen LogP contribution in [0.5, 0.6) is 0 Å². The minimum atomic E-state index is 0.316. The zero-order valence-electron chi connectivity index (χ0n) is 13.2. The molecule has 0 saturated heterocycles. The first-order chi connectivity index (χ1) is 10.0. The summed E-state index contributed by atoms with van der Waals surface area (Å²) in [6.07, 6.45) is 0. The summed E-state index contributed by atoms with van der Waals surface area (Å²) in [5.74, 6) is 0.506. The van der Waals surface area contributed by atoms with E-state index in [1.54, 1.807) is 0 Å². The molecule has 0 aliphatic carbocycles. The van der Waals surface area contributed by atoms with Crippen LogP contribution in [-0.4, -0.2) is 4.57 Å². The van der Waals surface area contributed by atoms with Crippen LogP contribution in [0.25, 0.3) is 0 Å². The van der Waals surface area contributed by atoms with Gasteiger partial charge in [0.15, 0.2) is 0 Å². The number of benzene rings is 1. The van der Waals surface area contributed by atoms with Crippen LogP contribution < -0.4 is 5.32 Å². The SMILES string of the molecule is Cc1c(CNC(c2ccccc2)C(C)C)cc(C#N)n1C. The fourth-order valence-corrected chi connectivity index (χ4v) is 2.67. The molecule has 1 aromatic carbocycles. The van der Waals surface area contributed by atoms with Gasteiger partial charge in [0.25, 0.3) is 0 Å². The molecule has 3 nitrogen and oxygen atoms in total. The van der Waals surface area contributed by atoms with E-state index in [2.05, 4.69) is 56.4 Å². The maximum Gasteiger partial charge on any atom is 0.120 e. The number of aromatic nitrogens is 1. The second-order valence-corrected chi connectivity index (χ2v) is 5.82. The summed E-state index contributed by atoms with van der Waals surface area (Å²) in [6.45, 7) is 7.29. The first-order valence-corrected chi connectivity index (χ1v) is 7.38. The van der Waals surface area contributed by atoms with E-state index in [1.807, 2.05) is 23.7 Å². The van der Waals surface area contributed by atoms with Gasteiger partial charge in [-0.3, -0.25) is 0 Å². The predicted molar refractivity (Wildman–Crippen MR) is 85.7 cm³/mol. The predicted octanol–water partition coefficient (Wildman–Crippen LogP) is 3.69. The van der Waals surface area contributed by atoms with Gasteiger partial charge in [-0.1, -0.05) is 44.2 Å². The Kier molecular flexibility index (Phi) is 4.82. The Bertz CT molecular complexity index is 632. The molecule has 0 radical (unpaired) electrons. The lowest BCUT2D eigenvalue weighted by Crippen LogP contribution is -2.25. The molecule has 21 heavy (non-hydrogen) atoms. The van der Waals surface area contributed by atoms with Gasteiger partial charge < -0.3 is 9.88 Å². The second-order valence-electron chi connectivity index (χ2n) is 5.82. The van der Waals surface area contributed by atoms with Crippen molar-refractivity contribution in [2.45, 2.75) is 33.4 Å². The van der Waals surface area contributed by atoms with E-state index in [0.717, 1.165) is 12.2 Å². The van der Waals surface area contributed by atoms with Crippen LogP contribution in [0.4, 0.5) is 0 Å². The topological polar surface area (TPSA) is 40.8 Å². The van der Waals surface area contributed by atoms with Crippen molar-refractivity contribution in [3.63, 3.8) is 0 Å². The molecule has 110 valence electrons. The molecule has 1 aromatic heterocycles. The van der Waals surface area contributed by atoms with E-state index < -0.39 is 0 Å². The Hall–Kier alpha value is -2.05. The summed E-state index contributed by atoms with van der Waals surface area (Å²) >= 11 is 0. The summed E-state index contributed by atoms with van der Waals surface area (Å²) in [5.41, 5.74) is 4.36. The van der Waals surface area contributed by atoms with E-state index in [9.17, 15) is 0 Å².